The molecule has 0 bridgehead atoms. The summed E-state index contributed by atoms with van der Waals surface area (Å²) in [5.41, 5.74) is 1.60. The van der Waals surface area contributed by atoms with Gasteiger partial charge in [0.15, 0.2) is 0 Å². The van der Waals surface area contributed by atoms with E-state index in [2.05, 4.69) is 31.1 Å². The first-order valence-corrected chi connectivity index (χ1v) is 18.2. The highest BCUT2D eigenvalue weighted by molar-refractivity contribution is 6.38. The van der Waals surface area contributed by atoms with Crippen LogP contribution in [-0.2, 0) is 38.5 Å². The number of aromatic amines is 1. The normalized spacial score (nSPS) is 17.7. The van der Waals surface area contributed by atoms with Gasteiger partial charge in [-0.2, -0.15) is 0 Å². The Morgan fingerprint density at radius 3 is 2.40 bits per heavy atom. The van der Waals surface area contributed by atoms with Crippen molar-refractivity contribution >= 4 is 58.0 Å². The van der Waals surface area contributed by atoms with Gasteiger partial charge in [-0.25, -0.2) is 9.59 Å². The number of carbonyl (C=O) groups is 4. The second-order valence-electron chi connectivity index (χ2n) is 13.2. The third-order valence-electron chi connectivity index (χ3n) is 9.74. The Hall–Kier alpha value is -4.62. The molecular formula is C37H44Cl2N6O7. The van der Waals surface area contributed by atoms with Crippen LogP contribution in [0.2, 0.25) is 10.0 Å². The summed E-state index contributed by atoms with van der Waals surface area (Å²) >= 11 is 13.0. The van der Waals surface area contributed by atoms with Crippen molar-refractivity contribution < 1.29 is 33.1 Å². The number of amides is 3. The highest BCUT2D eigenvalue weighted by Gasteiger charge is 2.47. The molecule has 4 aromatic rings. The number of fused-ring (bicyclic) bond motifs is 3. The lowest BCUT2D eigenvalue weighted by Gasteiger charge is -2.39. The monoisotopic (exact) mass is 754 g/mol. The maximum absolute atomic E-state index is 14.8. The molecule has 0 spiro atoms. The molecule has 4 N–H and O–H groups in total. The van der Waals surface area contributed by atoms with Gasteiger partial charge in [0, 0.05) is 22.5 Å². The molecule has 278 valence electrons. The Bertz CT molecular complexity index is 1910. The first-order valence-electron chi connectivity index (χ1n) is 17.5. The minimum Gasteiger partial charge on any atom is -0.459 e. The van der Waals surface area contributed by atoms with E-state index in [1.54, 1.807) is 19.1 Å². The van der Waals surface area contributed by atoms with Gasteiger partial charge in [-0.05, 0) is 54.9 Å². The average molecular weight is 756 g/mol. The minimum atomic E-state index is -1.51. The van der Waals surface area contributed by atoms with Crippen LogP contribution in [-0.4, -0.2) is 57.2 Å². The molecule has 15 heteroatoms. The van der Waals surface area contributed by atoms with Crippen LogP contribution in [0.4, 0.5) is 4.79 Å². The van der Waals surface area contributed by atoms with Crippen LogP contribution in [0.25, 0.3) is 10.9 Å². The van der Waals surface area contributed by atoms with Gasteiger partial charge in [0.1, 0.15) is 24.2 Å². The van der Waals surface area contributed by atoms with Gasteiger partial charge >= 0.3 is 18.0 Å². The summed E-state index contributed by atoms with van der Waals surface area (Å²) in [6, 6.07) is 10.8. The number of alkyl carbamates (subject to hydrolysis) is 1. The minimum absolute atomic E-state index is 0.0207. The van der Waals surface area contributed by atoms with Crippen LogP contribution in [0.3, 0.4) is 0 Å². The molecule has 2 aromatic heterocycles. The predicted octanol–water partition coefficient (Wildman–Crippen LogP) is 6.62. The Labute approximate surface area is 311 Å². The molecule has 1 aliphatic carbocycles. The quantitative estimate of drug-likeness (QED) is 0.103. The van der Waals surface area contributed by atoms with Crippen molar-refractivity contribution in [2.75, 3.05) is 6.61 Å². The lowest BCUT2D eigenvalue weighted by molar-refractivity contribution is -0.136. The molecule has 52 heavy (non-hydrogen) atoms. The number of carbonyl (C=O) groups excluding carboxylic acids is 4. The summed E-state index contributed by atoms with van der Waals surface area (Å²) in [6.07, 6.45) is 1.06. The molecule has 2 heterocycles. The zero-order valence-corrected chi connectivity index (χ0v) is 31.3. The van der Waals surface area contributed by atoms with Gasteiger partial charge in [-0.15, -0.1) is 10.2 Å². The summed E-state index contributed by atoms with van der Waals surface area (Å²) in [6.45, 7) is 9.38. The van der Waals surface area contributed by atoms with Gasteiger partial charge in [0.2, 0.25) is 17.7 Å². The topological polar surface area (TPSA) is 178 Å². The van der Waals surface area contributed by atoms with Crippen LogP contribution < -0.4 is 16.0 Å². The molecule has 1 aliphatic rings. The number of aromatic nitrogens is 3. The zero-order valence-electron chi connectivity index (χ0n) is 29.8. The number of rotatable bonds is 14. The molecule has 2 aromatic carbocycles. The van der Waals surface area contributed by atoms with Crippen LogP contribution >= 0.6 is 23.2 Å². The van der Waals surface area contributed by atoms with E-state index in [1.165, 1.54) is 0 Å². The number of benzene rings is 2. The number of H-pyrrole nitrogens is 1. The van der Waals surface area contributed by atoms with Crippen molar-refractivity contribution in [2.24, 2.45) is 11.8 Å². The van der Waals surface area contributed by atoms with Crippen LogP contribution in [0, 0.1) is 11.8 Å². The lowest BCUT2D eigenvalue weighted by atomic mass is 9.78. The lowest BCUT2D eigenvalue weighted by Crippen LogP contribution is -2.65. The van der Waals surface area contributed by atoms with Crippen molar-refractivity contribution in [3.63, 3.8) is 0 Å². The van der Waals surface area contributed by atoms with Gasteiger partial charge in [0.05, 0.1) is 17.1 Å². The van der Waals surface area contributed by atoms with Crippen molar-refractivity contribution in [3.8, 4) is 0 Å². The number of hydrogen-bond acceptors (Lipinski definition) is 9. The summed E-state index contributed by atoms with van der Waals surface area (Å²) in [5, 5.41) is 18.4. The van der Waals surface area contributed by atoms with Crippen molar-refractivity contribution in [1.82, 2.24) is 31.1 Å². The fraction of sp³-hybridized carbons (Fsp3) is 0.459. The number of halogens is 2. The molecule has 13 nitrogen and oxygen atoms in total. The maximum Gasteiger partial charge on any atom is 0.408 e. The summed E-state index contributed by atoms with van der Waals surface area (Å²) in [7, 11) is 0. The smallest absolute Gasteiger partial charge is 0.408 e. The van der Waals surface area contributed by atoms with E-state index >= 15 is 0 Å². The number of nitrogens with zero attached hydrogens (tertiary/aromatic N) is 2. The van der Waals surface area contributed by atoms with E-state index in [1.807, 2.05) is 58.0 Å². The number of ether oxygens (including phenoxy) is 2. The average Bonchev–Trinajstić information content (AvgIpc) is 3.77. The molecule has 4 unspecified atom stereocenters. The summed E-state index contributed by atoms with van der Waals surface area (Å²) in [4.78, 5) is 57.8. The highest BCUT2D eigenvalue weighted by Crippen LogP contribution is 2.39. The second-order valence-corrected chi connectivity index (χ2v) is 14.1. The fourth-order valence-electron chi connectivity index (χ4n) is 6.33. The number of nitrogens with one attached hydrogen (secondary N) is 4. The Morgan fingerprint density at radius 2 is 1.71 bits per heavy atom. The first kappa shape index (κ1) is 38.6. The van der Waals surface area contributed by atoms with Crippen LogP contribution in [0.1, 0.15) is 93.3 Å². The maximum atomic E-state index is 14.8. The first-order chi connectivity index (χ1) is 24.9. The fourth-order valence-corrected chi connectivity index (χ4v) is 6.87. The molecular weight excluding hydrogens is 711 g/mol. The van der Waals surface area contributed by atoms with E-state index in [9.17, 15) is 19.2 Å². The van der Waals surface area contributed by atoms with Gasteiger partial charge < -0.3 is 34.8 Å². The molecule has 0 radical (unpaired) electrons. The molecule has 5 rings (SSSR count). The SMILES string of the molecule is CCOC(=O)c1nnc(C(NC(=O)[C@@]2(NC(=O)C(NC(=O)OCc3ccccc3)C(C)CC)CCc3[nH]c4c(Cl)cc(Cl)cc4c3C2)C(C)CC)o1. The predicted molar refractivity (Wildman–Crippen MR) is 195 cm³/mol. The highest BCUT2D eigenvalue weighted by atomic mass is 35.5. The van der Waals surface area contributed by atoms with E-state index in [0.29, 0.717) is 34.8 Å². The van der Waals surface area contributed by atoms with Gasteiger partial charge in [-0.3, -0.25) is 9.59 Å². The van der Waals surface area contributed by atoms with Gasteiger partial charge in [-0.1, -0.05) is 94.1 Å². The Kier molecular flexibility index (Phi) is 12.5. The van der Waals surface area contributed by atoms with E-state index < -0.39 is 41.5 Å². The largest absolute Gasteiger partial charge is 0.459 e. The second kappa shape index (κ2) is 16.8. The van der Waals surface area contributed by atoms with Crippen molar-refractivity contribution in [2.45, 2.75) is 91.0 Å². The number of hydrogen-bond donors (Lipinski definition) is 4. The molecule has 3 amide bonds. The Balaban J connectivity index is 1.48. The number of aryl methyl sites for hydroxylation is 1. The summed E-state index contributed by atoms with van der Waals surface area (Å²) < 4.78 is 16.2. The van der Waals surface area contributed by atoms with Crippen LogP contribution in [0.15, 0.2) is 46.9 Å². The Morgan fingerprint density at radius 1 is 0.981 bits per heavy atom. The van der Waals surface area contributed by atoms with Gasteiger partial charge in [0.25, 0.3) is 0 Å². The third-order valence-corrected chi connectivity index (χ3v) is 10.3. The molecule has 0 aliphatic heterocycles. The molecule has 5 atom stereocenters. The van der Waals surface area contributed by atoms with E-state index in [0.717, 1.165) is 22.2 Å². The van der Waals surface area contributed by atoms with E-state index in [-0.39, 0.29) is 49.7 Å². The van der Waals surface area contributed by atoms with Crippen molar-refractivity contribution in [1.29, 1.82) is 0 Å². The zero-order chi connectivity index (χ0) is 37.6. The van der Waals surface area contributed by atoms with Crippen LogP contribution in [0.5, 0.6) is 0 Å². The van der Waals surface area contributed by atoms with E-state index in [4.69, 9.17) is 37.1 Å². The molecule has 0 fully saturated rings. The van der Waals surface area contributed by atoms with Crippen molar-refractivity contribution in [3.05, 3.63) is 81.1 Å². The third kappa shape index (κ3) is 8.53. The summed E-state index contributed by atoms with van der Waals surface area (Å²) in [5.74, 6) is -2.68. The number of esters is 1. The molecule has 0 saturated heterocycles. The molecule has 0 saturated carbocycles. The standard InChI is InChI=1S/C37H44Cl2N6O7/c1-6-20(4)28(42-36(49)51-19-22-12-10-9-11-13-22)31(46)43-37(15-14-27-25(18-37)24-16-23(38)17-26(39)30(24)40-27)35(48)41-29(21(5)7-2)32-44-45-33(52-32)34(47)50-8-3/h9-13,16-17,20-21,28-29,40H,6-8,14-15,18-19H2,1-5H3,(H,41,48)(H,42,49)(H,43,46)/t20?,21?,28?,29?,37-/m1/s1.